The molecule has 0 radical (unpaired) electrons. The van der Waals surface area contributed by atoms with E-state index in [2.05, 4.69) is 9.97 Å². The molecule has 0 saturated heterocycles. The largest absolute Gasteiger partial charge is 0.464 e. The molecule has 0 spiro atoms. The van der Waals surface area contributed by atoms with Crippen LogP contribution in [0.25, 0.3) is 5.57 Å². The first-order valence-electron chi connectivity index (χ1n) is 9.26. The van der Waals surface area contributed by atoms with Gasteiger partial charge < -0.3 is 9.47 Å². The molecule has 0 amide bonds. The molecule has 1 aromatic carbocycles. The van der Waals surface area contributed by atoms with E-state index in [0.717, 1.165) is 18.5 Å². The average molecular weight is 386 g/mol. The highest BCUT2D eigenvalue weighted by atomic mass is 19.1. The van der Waals surface area contributed by atoms with Crippen LogP contribution in [-0.2, 0) is 15.9 Å². The van der Waals surface area contributed by atoms with Crippen molar-refractivity contribution < 1.29 is 23.0 Å². The van der Waals surface area contributed by atoms with E-state index in [4.69, 9.17) is 9.47 Å². The van der Waals surface area contributed by atoms with Crippen LogP contribution in [0.2, 0.25) is 0 Å². The monoisotopic (exact) mass is 386 g/mol. The number of esters is 1. The molecular weight excluding hydrogens is 366 g/mol. The number of rotatable bonds is 5. The summed E-state index contributed by atoms with van der Waals surface area (Å²) in [6.45, 7) is 0.759. The first-order chi connectivity index (χ1) is 13.6. The van der Waals surface area contributed by atoms with Crippen LogP contribution in [0.4, 0.5) is 8.78 Å². The number of nitrogens with zero attached hydrogens (tertiary/aromatic N) is 2. The number of methoxy groups -OCH3 is 1. The normalized spacial score (nSPS) is 16.6. The lowest BCUT2D eigenvalue weighted by atomic mass is 9.96. The number of aromatic nitrogens is 2. The lowest BCUT2D eigenvalue weighted by Gasteiger charge is -2.17. The summed E-state index contributed by atoms with van der Waals surface area (Å²) < 4.78 is 39.5. The van der Waals surface area contributed by atoms with Crippen molar-refractivity contribution in [3.8, 4) is 0 Å². The Balaban J connectivity index is 1.71. The number of hydrogen-bond acceptors (Lipinski definition) is 5. The second-order valence-electron chi connectivity index (χ2n) is 6.98. The number of benzene rings is 1. The fraction of sp³-hybridized carbons (Fsp3) is 0.381. The third-order valence-electron chi connectivity index (χ3n) is 5.05. The van der Waals surface area contributed by atoms with E-state index in [-0.39, 0.29) is 23.2 Å². The van der Waals surface area contributed by atoms with Crippen LogP contribution in [0.1, 0.15) is 58.2 Å². The summed E-state index contributed by atoms with van der Waals surface area (Å²) in [5, 5.41) is 0. The molecule has 1 fully saturated rings. The van der Waals surface area contributed by atoms with Gasteiger partial charge in [0, 0.05) is 24.1 Å². The van der Waals surface area contributed by atoms with Gasteiger partial charge in [-0.05, 0) is 36.5 Å². The lowest BCUT2D eigenvalue weighted by Crippen LogP contribution is -2.14. The molecule has 0 bridgehead atoms. The fourth-order valence-electron chi connectivity index (χ4n) is 3.35. The van der Waals surface area contributed by atoms with Crippen LogP contribution in [0.3, 0.4) is 0 Å². The third kappa shape index (κ3) is 3.67. The third-order valence-corrected chi connectivity index (χ3v) is 5.05. The summed E-state index contributed by atoms with van der Waals surface area (Å²) in [7, 11) is 1.27. The molecule has 28 heavy (non-hydrogen) atoms. The van der Waals surface area contributed by atoms with Gasteiger partial charge in [-0.3, -0.25) is 4.98 Å². The average Bonchev–Trinajstić information content (AvgIpc) is 3.56. The summed E-state index contributed by atoms with van der Waals surface area (Å²) in [6.07, 6.45) is 5.82. The SMILES string of the molecule is COC(=O)c1nc(C2CC2)cnc1Cc1ccc(F)c(C2=CCOCC2)c1F. The van der Waals surface area contributed by atoms with Crippen LogP contribution in [0.15, 0.2) is 24.4 Å². The summed E-state index contributed by atoms with van der Waals surface area (Å²) in [4.78, 5) is 20.9. The van der Waals surface area contributed by atoms with Crippen molar-refractivity contribution in [3.05, 3.63) is 64.2 Å². The minimum absolute atomic E-state index is 0.0191. The van der Waals surface area contributed by atoms with E-state index in [9.17, 15) is 9.18 Å². The first kappa shape index (κ1) is 18.7. The molecule has 7 heteroatoms. The first-order valence-corrected chi connectivity index (χ1v) is 9.26. The van der Waals surface area contributed by atoms with E-state index in [1.165, 1.54) is 19.2 Å². The molecule has 146 valence electrons. The number of halogens is 2. The van der Waals surface area contributed by atoms with Gasteiger partial charge >= 0.3 is 5.97 Å². The molecule has 1 saturated carbocycles. The topological polar surface area (TPSA) is 61.3 Å². The van der Waals surface area contributed by atoms with Gasteiger partial charge in [-0.15, -0.1) is 0 Å². The molecule has 1 aliphatic heterocycles. The summed E-state index contributed by atoms with van der Waals surface area (Å²) in [5.41, 5.74) is 1.95. The highest BCUT2D eigenvalue weighted by molar-refractivity contribution is 5.88. The van der Waals surface area contributed by atoms with E-state index in [0.29, 0.717) is 36.8 Å². The van der Waals surface area contributed by atoms with Gasteiger partial charge in [0.05, 0.1) is 31.7 Å². The summed E-state index contributed by atoms with van der Waals surface area (Å²) in [5.74, 6) is -1.55. The van der Waals surface area contributed by atoms with Crippen LogP contribution < -0.4 is 0 Å². The zero-order valence-electron chi connectivity index (χ0n) is 15.5. The van der Waals surface area contributed by atoms with Crippen molar-refractivity contribution in [2.24, 2.45) is 0 Å². The van der Waals surface area contributed by atoms with E-state index in [1.54, 1.807) is 12.3 Å². The number of carbonyl (C=O) groups excluding carboxylic acids is 1. The molecule has 4 rings (SSSR count). The standard InChI is InChI=1S/C21H20F2N2O3/c1-27-21(26)20-16(24-11-17(25-20)12-2-3-12)10-14-4-5-15(22)18(19(14)23)13-6-8-28-9-7-13/h4-6,11-12H,2-3,7-10H2,1H3. The molecule has 5 nitrogen and oxygen atoms in total. The second-order valence-corrected chi connectivity index (χ2v) is 6.98. The van der Waals surface area contributed by atoms with Gasteiger partial charge in [-0.25, -0.2) is 18.6 Å². The molecule has 0 unspecified atom stereocenters. The van der Waals surface area contributed by atoms with Crippen molar-refractivity contribution in [1.29, 1.82) is 0 Å². The second kappa shape index (κ2) is 7.75. The van der Waals surface area contributed by atoms with E-state index < -0.39 is 17.6 Å². The van der Waals surface area contributed by atoms with Crippen molar-refractivity contribution in [2.45, 2.75) is 31.6 Å². The van der Waals surface area contributed by atoms with Gasteiger partial charge in [0.2, 0.25) is 0 Å². The number of hydrogen-bond donors (Lipinski definition) is 0. The number of ether oxygens (including phenoxy) is 2. The van der Waals surface area contributed by atoms with Crippen LogP contribution in [-0.4, -0.2) is 36.3 Å². The number of carbonyl (C=O) groups is 1. The van der Waals surface area contributed by atoms with Crippen LogP contribution in [0, 0.1) is 11.6 Å². The van der Waals surface area contributed by atoms with Gasteiger partial charge in [-0.1, -0.05) is 12.1 Å². The molecule has 1 aliphatic carbocycles. The Morgan fingerprint density at radius 1 is 1.32 bits per heavy atom. The molecule has 0 N–H and O–H groups in total. The quantitative estimate of drug-likeness (QED) is 0.732. The van der Waals surface area contributed by atoms with E-state index >= 15 is 4.39 Å². The highest BCUT2D eigenvalue weighted by Crippen LogP contribution is 2.39. The van der Waals surface area contributed by atoms with E-state index in [1.807, 2.05) is 0 Å². The van der Waals surface area contributed by atoms with Crippen molar-refractivity contribution in [3.63, 3.8) is 0 Å². The maximum Gasteiger partial charge on any atom is 0.358 e. The lowest BCUT2D eigenvalue weighted by molar-refractivity contribution is 0.0591. The molecular formula is C21H20F2N2O3. The van der Waals surface area contributed by atoms with Gasteiger partial charge in [0.15, 0.2) is 5.69 Å². The molecule has 0 atom stereocenters. The van der Waals surface area contributed by atoms with Crippen molar-refractivity contribution in [2.75, 3.05) is 20.3 Å². The molecule has 2 aliphatic rings. The Bertz CT molecular complexity index is 955. The maximum absolute atomic E-state index is 15.1. The zero-order chi connectivity index (χ0) is 19.7. The molecule has 2 heterocycles. The van der Waals surface area contributed by atoms with Gasteiger partial charge in [0.25, 0.3) is 0 Å². The van der Waals surface area contributed by atoms with Gasteiger partial charge in [0.1, 0.15) is 11.6 Å². The Labute approximate surface area is 161 Å². The highest BCUT2D eigenvalue weighted by Gasteiger charge is 2.28. The Morgan fingerprint density at radius 3 is 2.82 bits per heavy atom. The van der Waals surface area contributed by atoms with Gasteiger partial charge in [-0.2, -0.15) is 0 Å². The van der Waals surface area contributed by atoms with Crippen LogP contribution in [0.5, 0.6) is 0 Å². The Hall–Kier alpha value is -2.67. The summed E-state index contributed by atoms with van der Waals surface area (Å²) >= 11 is 0. The minimum Gasteiger partial charge on any atom is -0.464 e. The van der Waals surface area contributed by atoms with Crippen molar-refractivity contribution >= 4 is 11.5 Å². The maximum atomic E-state index is 15.1. The smallest absolute Gasteiger partial charge is 0.358 e. The Kier molecular flexibility index (Phi) is 5.17. The summed E-state index contributed by atoms with van der Waals surface area (Å²) in [6, 6.07) is 2.62. The predicted molar refractivity (Wildman–Crippen MR) is 97.9 cm³/mol. The zero-order valence-corrected chi connectivity index (χ0v) is 15.5. The Morgan fingerprint density at radius 2 is 2.14 bits per heavy atom. The predicted octanol–water partition coefficient (Wildman–Crippen LogP) is 3.81. The molecule has 1 aromatic heterocycles. The fourth-order valence-corrected chi connectivity index (χ4v) is 3.35. The van der Waals surface area contributed by atoms with Crippen LogP contribution >= 0.6 is 0 Å². The minimum atomic E-state index is -0.642. The van der Waals surface area contributed by atoms with Crippen molar-refractivity contribution in [1.82, 2.24) is 9.97 Å². The molecule has 2 aromatic rings.